The van der Waals surface area contributed by atoms with Crippen molar-refractivity contribution in [3.8, 4) is 5.75 Å². The van der Waals surface area contributed by atoms with E-state index in [2.05, 4.69) is 0 Å². The number of anilines is 1. The first-order chi connectivity index (χ1) is 8.75. The highest BCUT2D eigenvalue weighted by Gasteiger charge is 2.28. The molecule has 2 aromatic rings. The van der Waals surface area contributed by atoms with E-state index in [4.69, 9.17) is 4.74 Å². The molecule has 0 spiro atoms. The van der Waals surface area contributed by atoms with Crippen molar-refractivity contribution in [1.82, 2.24) is 0 Å². The van der Waals surface area contributed by atoms with E-state index in [1.807, 2.05) is 48.7 Å². The van der Waals surface area contributed by atoms with Crippen molar-refractivity contribution in [3.05, 3.63) is 46.7 Å². The van der Waals surface area contributed by atoms with Gasteiger partial charge in [0.15, 0.2) is 0 Å². The minimum atomic E-state index is 0.0174. The summed E-state index contributed by atoms with van der Waals surface area (Å²) in [6.07, 6.45) is 0.0174. The molecular weight excluding hydrogens is 246 g/mol. The average molecular weight is 259 g/mol. The second-order valence-electron chi connectivity index (χ2n) is 4.29. The van der Waals surface area contributed by atoms with Crippen LogP contribution in [0.1, 0.15) is 16.6 Å². The van der Waals surface area contributed by atoms with E-state index in [0.29, 0.717) is 6.54 Å². The topological polar surface area (TPSA) is 29.5 Å². The molecule has 1 aromatic heterocycles. The normalized spacial score (nSPS) is 18.1. The lowest BCUT2D eigenvalue weighted by Gasteiger charge is -2.33. The predicted octanol–water partition coefficient (Wildman–Crippen LogP) is 3.18. The zero-order valence-electron chi connectivity index (χ0n) is 10.00. The number of rotatable bonds is 1. The van der Waals surface area contributed by atoms with Gasteiger partial charge in [0.2, 0.25) is 0 Å². The van der Waals surface area contributed by atoms with Gasteiger partial charge in [0, 0.05) is 0 Å². The summed E-state index contributed by atoms with van der Waals surface area (Å²) in [4.78, 5) is 15.0. The second-order valence-corrected chi connectivity index (χ2v) is 5.24. The maximum atomic E-state index is 12.4. The highest BCUT2D eigenvalue weighted by molar-refractivity contribution is 7.12. The fraction of sp³-hybridized carbons (Fsp3) is 0.214. The van der Waals surface area contributed by atoms with Gasteiger partial charge < -0.3 is 9.64 Å². The molecular formula is C14H13NO2S. The fourth-order valence-electron chi connectivity index (χ4n) is 2.11. The quantitative estimate of drug-likeness (QED) is 0.787. The Morgan fingerprint density at radius 2 is 2.17 bits per heavy atom. The van der Waals surface area contributed by atoms with E-state index in [9.17, 15) is 4.79 Å². The number of fused-ring (bicyclic) bond motifs is 1. The van der Waals surface area contributed by atoms with Crippen LogP contribution in [0.4, 0.5) is 5.69 Å². The number of nitrogens with zero attached hydrogens (tertiary/aromatic N) is 1. The van der Waals surface area contributed by atoms with Crippen LogP contribution >= 0.6 is 11.3 Å². The van der Waals surface area contributed by atoms with Crippen LogP contribution in [0.3, 0.4) is 0 Å². The number of hydrogen-bond acceptors (Lipinski definition) is 3. The lowest BCUT2D eigenvalue weighted by molar-refractivity contribution is 0.0965. The number of hydrogen-bond donors (Lipinski definition) is 0. The lowest BCUT2D eigenvalue weighted by Crippen LogP contribution is -2.42. The first-order valence-corrected chi connectivity index (χ1v) is 6.75. The molecule has 18 heavy (non-hydrogen) atoms. The highest BCUT2D eigenvalue weighted by Crippen LogP contribution is 2.34. The van der Waals surface area contributed by atoms with Gasteiger partial charge in [-0.3, -0.25) is 4.79 Å². The molecule has 3 rings (SSSR count). The molecule has 0 unspecified atom stereocenters. The third kappa shape index (κ3) is 1.88. The Labute approximate surface area is 110 Å². The molecule has 1 amide bonds. The van der Waals surface area contributed by atoms with Crippen molar-refractivity contribution in [3.63, 3.8) is 0 Å². The molecule has 0 saturated carbocycles. The molecule has 3 nitrogen and oxygen atoms in total. The Balaban J connectivity index is 2.00. The van der Waals surface area contributed by atoms with Crippen molar-refractivity contribution in [2.75, 3.05) is 11.4 Å². The first-order valence-electron chi connectivity index (χ1n) is 5.87. The number of ether oxygens (including phenoxy) is 1. The molecule has 92 valence electrons. The number of benzene rings is 1. The van der Waals surface area contributed by atoms with E-state index >= 15 is 0 Å². The molecule has 1 aliphatic heterocycles. The lowest BCUT2D eigenvalue weighted by atomic mass is 10.2. The molecule has 0 fully saturated rings. The highest BCUT2D eigenvalue weighted by atomic mass is 32.1. The molecule has 0 N–H and O–H groups in total. The number of carbonyl (C=O) groups is 1. The van der Waals surface area contributed by atoms with E-state index in [1.165, 1.54) is 11.3 Å². The Morgan fingerprint density at radius 3 is 2.94 bits per heavy atom. The van der Waals surface area contributed by atoms with Crippen LogP contribution in [-0.4, -0.2) is 18.6 Å². The maximum absolute atomic E-state index is 12.4. The second kappa shape index (κ2) is 4.46. The average Bonchev–Trinajstić information content (AvgIpc) is 2.90. The summed E-state index contributed by atoms with van der Waals surface area (Å²) in [6, 6.07) is 11.4. The molecule has 0 radical (unpaired) electrons. The van der Waals surface area contributed by atoms with E-state index in [0.717, 1.165) is 16.3 Å². The number of carbonyl (C=O) groups excluding carboxylic acids is 1. The molecule has 1 aromatic carbocycles. The molecule has 0 bridgehead atoms. The van der Waals surface area contributed by atoms with Crippen LogP contribution in [0.2, 0.25) is 0 Å². The molecule has 1 atom stereocenters. The Kier molecular flexibility index (Phi) is 2.80. The molecule has 0 aliphatic carbocycles. The maximum Gasteiger partial charge on any atom is 0.268 e. The van der Waals surface area contributed by atoms with Crippen molar-refractivity contribution in [2.24, 2.45) is 0 Å². The van der Waals surface area contributed by atoms with Crippen LogP contribution in [-0.2, 0) is 0 Å². The molecule has 1 aliphatic rings. The predicted molar refractivity (Wildman–Crippen MR) is 72.5 cm³/mol. The minimum absolute atomic E-state index is 0.0174. The Bertz CT molecular complexity index is 565. The van der Waals surface area contributed by atoms with Crippen molar-refractivity contribution in [2.45, 2.75) is 13.0 Å². The van der Waals surface area contributed by atoms with Gasteiger partial charge in [-0.15, -0.1) is 11.3 Å². The SMILES string of the molecule is C[C@H]1CN(C(=O)c2cccs2)c2ccccc2O1. The summed E-state index contributed by atoms with van der Waals surface area (Å²) in [5.74, 6) is 0.828. The van der Waals surface area contributed by atoms with E-state index in [1.54, 1.807) is 4.90 Å². The Hall–Kier alpha value is -1.81. The van der Waals surface area contributed by atoms with Crippen LogP contribution in [0.25, 0.3) is 0 Å². The zero-order valence-corrected chi connectivity index (χ0v) is 10.8. The fourth-order valence-corrected chi connectivity index (χ4v) is 2.79. The number of amides is 1. The standard InChI is InChI=1S/C14H13NO2S/c1-10-9-15(14(16)13-7-4-8-18-13)11-5-2-3-6-12(11)17-10/h2-8,10H,9H2,1H3/t10-/m0/s1. The van der Waals surface area contributed by atoms with Crippen LogP contribution < -0.4 is 9.64 Å². The van der Waals surface area contributed by atoms with Crippen LogP contribution in [0.15, 0.2) is 41.8 Å². The summed E-state index contributed by atoms with van der Waals surface area (Å²) in [6.45, 7) is 2.57. The van der Waals surface area contributed by atoms with Crippen molar-refractivity contribution >= 4 is 22.9 Å². The zero-order chi connectivity index (χ0) is 12.5. The summed E-state index contributed by atoms with van der Waals surface area (Å²) < 4.78 is 5.74. The van der Waals surface area contributed by atoms with Gasteiger partial charge in [-0.2, -0.15) is 0 Å². The smallest absolute Gasteiger partial charge is 0.268 e. The largest absolute Gasteiger partial charge is 0.487 e. The van der Waals surface area contributed by atoms with E-state index < -0.39 is 0 Å². The molecule has 0 saturated heterocycles. The molecule has 2 heterocycles. The van der Waals surface area contributed by atoms with Gasteiger partial charge >= 0.3 is 0 Å². The van der Waals surface area contributed by atoms with Gasteiger partial charge in [-0.25, -0.2) is 0 Å². The van der Waals surface area contributed by atoms with Crippen molar-refractivity contribution < 1.29 is 9.53 Å². The minimum Gasteiger partial charge on any atom is -0.487 e. The van der Waals surface area contributed by atoms with Gasteiger partial charge in [0.1, 0.15) is 11.9 Å². The van der Waals surface area contributed by atoms with E-state index in [-0.39, 0.29) is 12.0 Å². The number of para-hydroxylation sites is 2. The van der Waals surface area contributed by atoms with Gasteiger partial charge in [-0.1, -0.05) is 18.2 Å². The Morgan fingerprint density at radius 1 is 1.33 bits per heavy atom. The summed E-state index contributed by atoms with van der Waals surface area (Å²) in [5.41, 5.74) is 0.856. The first kappa shape index (κ1) is 11.3. The summed E-state index contributed by atoms with van der Waals surface area (Å²) in [7, 11) is 0. The van der Waals surface area contributed by atoms with Gasteiger partial charge in [-0.05, 0) is 30.5 Å². The number of thiophene rings is 1. The van der Waals surface area contributed by atoms with Crippen LogP contribution in [0.5, 0.6) is 5.75 Å². The third-order valence-corrected chi connectivity index (χ3v) is 3.76. The van der Waals surface area contributed by atoms with Crippen molar-refractivity contribution in [1.29, 1.82) is 0 Å². The summed E-state index contributed by atoms with van der Waals surface area (Å²) in [5, 5.41) is 1.92. The van der Waals surface area contributed by atoms with Gasteiger partial charge in [0.25, 0.3) is 5.91 Å². The summed E-state index contributed by atoms with van der Waals surface area (Å²) >= 11 is 1.47. The van der Waals surface area contributed by atoms with Gasteiger partial charge in [0.05, 0.1) is 17.1 Å². The monoisotopic (exact) mass is 259 g/mol. The van der Waals surface area contributed by atoms with Crippen LogP contribution in [0, 0.1) is 0 Å². The third-order valence-electron chi connectivity index (χ3n) is 2.90. The molecule has 4 heteroatoms.